The second kappa shape index (κ2) is 3.51. The molecule has 0 aromatic rings. The van der Waals surface area contributed by atoms with Crippen molar-refractivity contribution in [2.24, 2.45) is 0 Å². The number of ketones is 1. The first-order valence-corrected chi connectivity index (χ1v) is 5.20. The fourth-order valence-electron chi connectivity index (χ4n) is 1.11. The van der Waals surface area contributed by atoms with Crippen LogP contribution in [0.4, 0.5) is 0 Å². The quantitative estimate of drug-likeness (QED) is 0.617. The van der Waals surface area contributed by atoms with Crippen LogP contribution in [0.2, 0.25) is 0 Å². The Kier molecular flexibility index (Phi) is 2.81. The topological polar surface area (TPSA) is 66.5 Å². The molecule has 0 spiro atoms. The van der Waals surface area contributed by atoms with Crippen molar-refractivity contribution in [3.05, 3.63) is 0 Å². The molecule has 1 rings (SSSR count). The predicted octanol–water partition coefficient (Wildman–Crippen LogP) is -0.885. The third-order valence-corrected chi connectivity index (χ3v) is 3.44. The van der Waals surface area contributed by atoms with E-state index in [1.807, 2.05) is 0 Å². The van der Waals surface area contributed by atoms with E-state index in [2.05, 4.69) is 4.72 Å². The molecule has 1 aliphatic heterocycles. The van der Waals surface area contributed by atoms with Gasteiger partial charge in [0, 0.05) is 33.0 Å². The van der Waals surface area contributed by atoms with E-state index in [-0.39, 0.29) is 5.78 Å². The summed E-state index contributed by atoms with van der Waals surface area (Å²) in [6.45, 7) is 0.615. The largest absolute Gasteiger partial charge is 0.300 e. The Morgan fingerprint density at radius 3 is 2.25 bits per heavy atom. The minimum Gasteiger partial charge on any atom is -0.300 e. The van der Waals surface area contributed by atoms with E-state index in [1.165, 1.54) is 11.4 Å². The van der Waals surface area contributed by atoms with Crippen LogP contribution in [0.25, 0.3) is 0 Å². The molecule has 1 aliphatic rings. The Balaban J connectivity index is 2.62. The van der Waals surface area contributed by atoms with Crippen LogP contribution in [0.15, 0.2) is 0 Å². The zero-order chi connectivity index (χ0) is 9.19. The molecule has 5 nitrogen and oxygen atoms in total. The number of rotatable bonds is 2. The van der Waals surface area contributed by atoms with Gasteiger partial charge in [-0.25, -0.2) is 4.72 Å². The van der Waals surface area contributed by atoms with E-state index >= 15 is 0 Å². The van der Waals surface area contributed by atoms with Crippen LogP contribution < -0.4 is 4.72 Å². The molecule has 0 aliphatic carbocycles. The summed E-state index contributed by atoms with van der Waals surface area (Å²) < 4.78 is 25.8. The minimum absolute atomic E-state index is 0.137. The summed E-state index contributed by atoms with van der Waals surface area (Å²) in [7, 11) is -1.95. The highest BCUT2D eigenvalue weighted by Gasteiger charge is 2.24. The maximum absolute atomic E-state index is 11.2. The number of hydrogen-bond acceptors (Lipinski definition) is 3. The molecule has 0 saturated carbocycles. The van der Waals surface area contributed by atoms with Gasteiger partial charge in [-0.2, -0.15) is 12.7 Å². The summed E-state index contributed by atoms with van der Waals surface area (Å²) >= 11 is 0. The molecular formula is C6H12N2O3S. The van der Waals surface area contributed by atoms with E-state index in [9.17, 15) is 13.2 Å². The molecule has 0 atom stereocenters. The molecule has 6 heteroatoms. The molecule has 1 fully saturated rings. The van der Waals surface area contributed by atoms with Crippen molar-refractivity contribution in [3.8, 4) is 0 Å². The van der Waals surface area contributed by atoms with Gasteiger partial charge in [-0.05, 0) is 0 Å². The number of nitrogens with one attached hydrogen (secondary N) is 1. The van der Waals surface area contributed by atoms with Crippen molar-refractivity contribution in [1.82, 2.24) is 9.03 Å². The van der Waals surface area contributed by atoms with Gasteiger partial charge < -0.3 is 0 Å². The van der Waals surface area contributed by atoms with Crippen LogP contribution in [0.1, 0.15) is 12.8 Å². The van der Waals surface area contributed by atoms with Gasteiger partial charge in [-0.3, -0.25) is 4.79 Å². The van der Waals surface area contributed by atoms with Crippen molar-refractivity contribution in [2.75, 3.05) is 20.1 Å². The van der Waals surface area contributed by atoms with Crippen molar-refractivity contribution >= 4 is 16.0 Å². The molecule has 0 radical (unpaired) electrons. The molecule has 0 aromatic heterocycles. The Bertz CT molecular complexity index is 263. The summed E-state index contributed by atoms with van der Waals surface area (Å²) in [6.07, 6.45) is 0.668. The Morgan fingerprint density at radius 1 is 1.33 bits per heavy atom. The zero-order valence-electron chi connectivity index (χ0n) is 6.91. The molecule has 1 N–H and O–H groups in total. The molecule has 1 saturated heterocycles. The number of piperidine rings is 1. The fourth-order valence-corrected chi connectivity index (χ4v) is 2.03. The van der Waals surface area contributed by atoms with Crippen LogP contribution >= 0.6 is 0 Å². The molecule has 70 valence electrons. The average molecular weight is 192 g/mol. The number of Topliss-reactive ketones (excluding diaryl/α,β-unsaturated/α-hetero) is 1. The standard InChI is InChI=1S/C6H12N2O3S/c1-7-12(10,11)8-4-2-6(9)3-5-8/h7H,2-5H2,1H3. The third-order valence-electron chi connectivity index (χ3n) is 1.88. The summed E-state index contributed by atoms with van der Waals surface area (Å²) in [5.41, 5.74) is 0. The first-order valence-electron chi connectivity index (χ1n) is 3.76. The van der Waals surface area contributed by atoms with Gasteiger partial charge in [0.2, 0.25) is 0 Å². The highest BCUT2D eigenvalue weighted by molar-refractivity contribution is 7.87. The first-order chi connectivity index (χ1) is 5.56. The van der Waals surface area contributed by atoms with Gasteiger partial charge in [0.05, 0.1) is 0 Å². The summed E-state index contributed by atoms with van der Waals surface area (Å²) in [6, 6.07) is 0. The number of nitrogens with zero attached hydrogens (tertiary/aromatic N) is 1. The van der Waals surface area contributed by atoms with Crippen LogP contribution in [0.3, 0.4) is 0 Å². The normalized spacial score (nSPS) is 21.2. The lowest BCUT2D eigenvalue weighted by molar-refractivity contribution is -0.120. The number of hydrogen-bond donors (Lipinski definition) is 1. The summed E-state index contributed by atoms with van der Waals surface area (Å²) in [4.78, 5) is 10.8. The van der Waals surface area contributed by atoms with Gasteiger partial charge in [0.15, 0.2) is 0 Å². The van der Waals surface area contributed by atoms with E-state index in [4.69, 9.17) is 0 Å². The Hall–Kier alpha value is -0.460. The van der Waals surface area contributed by atoms with E-state index in [0.717, 1.165) is 0 Å². The van der Waals surface area contributed by atoms with Gasteiger partial charge in [0.25, 0.3) is 10.2 Å². The molecule has 1 heterocycles. The lowest BCUT2D eigenvalue weighted by Gasteiger charge is -2.24. The monoisotopic (exact) mass is 192 g/mol. The van der Waals surface area contributed by atoms with E-state index in [0.29, 0.717) is 25.9 Å². The minimum atomic E-state index is -3.31. The molecule has 0 unspecified atom stereocenters. The van der Waals surface area contributed by atoms with Crippen LogP contribution in [-0.2, 0) is 15.0 Å². The zero-order valence-corrected chi connectivity index (χ0v) is 7.73. The van der Waals surface area contributed by atoms with Crippen molar-refractivity contribution in [2.45, 2.75) is 12.8 Å². The molecule has 0 bridgehead atoms. The van der Waals surface area contributed by atoms with E-state index in [1.54, 1.807) is 0 Å². The predicted molar refractivity (Wildman–Crippen MR) is 43.8 cm³/mol. The lowest BCUT2D eigenvalue weighted by atomic mass is 10.1. The fraction of sp³-hybridized carbons (Fsp3) is 0.833. The molecule has 0 amide bonds. The van der Waals surface area contributed by atoms with Crippen molar-refractivity contribution in [3.63, 3.8) is 0 Å². The number of carbonyl (C=O) groups excluding carboxylic acids is 1. The molecular weight excluding hydrogens is 180 g/mol. The highest BCUT2D eigenvalue weighted by Crippen LogP contribution is 2.08. The van der Waals surface area contributed by atoms with E-state index < -0.39 is 10.2 Å². The van der Waals surface area contributed by atoms with Crippen LogP contribution in [0, 0.1) is 0 Å². The maximum atomic E-state index is 11.2. The second-order valence-corrected chi connectivity index (χ2v) is 4.52. The molecule has 12 heavy (non-hydrogen) atoms. The third kappa shape index (κ3) is 2.02. The van der Waals surface area contributed by atoms with Crippen molar-refractivity contribution in [1.29, 1.82) is 0 Å². The van der Waals surface area contributed by atoms with Gasteiger partial charge in [-0.15, -0.1) is 0 Å². The highest BCUT2D eigenvalue weighted by atomic mass is 32.2. The van der Waals surface area contributed by atoms with Gasteiger partial charge >= 0.3 is 0 Å². The van der Waals surface area contributed by atoms with Gasteiger partial charge in [0.1, 0.15) is 5.78 Å². The van der Waals surface area contributed by atoms with Gasteiger partial charge in [-0.1, -0.05) is 0 Å². The van der Waals surface area contributed by atoms with Crippen LogP contribution in [-0.4, -0.2) is 38.6 Å². The first kappa shape index (κ1) is 9.63. The maximum Gasteiger partial charge on any atom is 0.279 e. The Morgan fingerprint density at radius 2 is 1.83 bits per heavy atom. The smallest absolute Gasteiger partial charge is 0.279 e. The SMILES string of the molecule is CNS(=O)(=O)N1CCC(=O)CC1. The lowest BCUT2D eigenvalue weighted by Crippen LogP contribution is -2.43. The molecule has 0 aromatic carbocycles. The second-order valence-electron chi connectivity index (χ2n) is 2.65. The average Bonchev–Trinajstić information content (AvgIpc) is 2.05. The Labute approximate surface area is 71.9 Å². The van der Waals surface area contributed by atoms with Crippen LogP contribution in [0.5, 0.6) is 0 Å². The summed E-state index contributed by atoms with van der Waals surface area (Å²) in [5.74, 6) is 0.137. The van der Waals surface area contributed by atoms with Crippen molar-refractivity contribution < 1.29 is 13.2 Å². The summed E-state index contributed by atoms with van der Waals surface area (Å²) in [5, 5.41) is 0. The number of carbonyl (C=O) groups is 1.